The summed E-state index contributed by atoms with van der Waals surface area (Å²) < 4.78 is 2.09. The van der Waals surface area contributed by atoms with Gasteiger partial charge in [0.1, 0.15) is 0 Å². The molecule has 0 aliphatic carbocycles. The summed E-state index contributed by atoms with van der Waals surface area (Å²) >= 11 is 0. The summed E-state index contributed by atoms with van der Waals surface area (Å²) in [7, 11) is 0. The van der Waals surface area contributed by atoms with Crippen LogP contribution in [0.2, 0.25) is 0 Å². The van der Waals surface area contributed by atoms with Crippen LogP contribution in [0, 0.1) is 6.92 Å². The first kappa shape index (κ1) is 11.1. The molecule has 0 aliphatic heterocycles. The van der Waals surface area contributed by atoms with E-state index in [0.29, 0.717) is 0 Å². The lowest BCUT2D eigenvalue weighted by atomic mass is 10.4. The zero-order valence-corrected chi connectivity index (χ0v) is 9.75. The largest absolute Gasteiger partial charge is 0.356 e. The van der Waals surface area contributed by atoms with E-state index < -0.39 is 0 Å². The maximum absolute atomic E-state index is 4.58. The molecule has 1 aromatic heterocycles. The molecule has 0 fully saturated rings. The normalized spacial score (nSPS) is 10.6. The number of rotatable bonds is 5. The molecule has 1 rings (SSSR count). The van der Waals surface area contributed by atoms with E-state index in [9.17, 15) is 0 Å². The molecule has 0 aromatic carbocycles. The summed E-state index contributed by atoms with van der Waals surface area (Å²) in [6.45, 7) is 11.7. The van der Waals surface area contributed by atoms with Gasteiger partial charge in [0.25, 0.3) is 0 Å². The predicted molar refractivity (Wildman–Crippen MR) is 60.8 cm³/mol. The third-order valence-electron chi connectivity index (χ3n) is 2.49. The third kappa shape index (κ3) is 2.28. The van der Waals surface area contributed by atoms with Crippen LogP contribution >= 0.6 is 0 Å². The van der Waals surface area contributed by atoms with Crippen molar-refractivity contribution >= 4 is 5.82 Å². The fourth-order valence-electron chi connectivity index (χ4n) is 1.63. The predicted octanol–water partition coefficient (Wildman–Crippen LogP) is 2.45. The Hall–Kier alpha value is -0.990. The molecule has 0 aliphatic rings. The van der Waals surface area contributed by atoms with Crippen LogP contribution in [0.5, 0.6) is 0 Å². The zero-order valence-electron chi connectivity index (χ0n) is 9.75. The van der Waals surface area contributed by atoms with Crippen molar-refractivity contribution in [3.63, 3.8) is 0 Å². The monoisotopic (exact) mass is 195 g/mol. The maximum atomic E-state index is 4.58. The summed E-state index contributed by atoms with van der Waals surface area (Å²) in [5, 5.41) is 4.58. The molecular weight excluding hydrogens is 174 g/mol. The van der Waals surface area contributed by atoms with Crippen molar-refractivity contribution in [3.05, 3.63) is 11.8 Å². The van der Waals surface area contributed by atoms with Crippen molar-refractivity contribution < 1.29 is 0 Å². The third-order valence-corrected chi connectivity index (χ3v) is 2.49. The molecule has 80 valence electrons. The van der Waals surface area contributed by atoms with Crippen LogP contribution < -0.4 is 4.90 Å². The molecule has 0 unspecified atom stereocenters. The van der Waals surface area contributed by atoms with Gasteiger partial charge in [0.05, 0.1) is 0 Å². The lowest BCUT2D eigenvalue weighted by Gasteiger charge is -2.16. The Morgan fingerprint density at radius 3 is 2.43 bits per heavy atom. The molecule has 3 nitrogen and oxygen atoms in total. The first-order valence-corrected chi connectivity index (χ1v) is 5.52. The average molecular weight is 195 g/mol. The van der Waals surface area contributed by atoms with Crippen LogP contribution in [0.25, 0.3) is 0 Å². The summed E-state index contributed by atoms with van der Waals surface area (Å²) in [5.74, 6) is 1.11. The fraction of sp³-hybridized carbons (Fsp3) is 0.727. The van der Waals surface area contributed by atoms with Crippen LogP contribution in [-0.4, -0.2) is 22.9 Å². The summed E-state index contributed by atoms with van der Waals surface area (Å²) in [4.78, 5) is 2.28. The first-order valence-electron chi connectivity index (χ1n) is 5.52. The molecule has 0 bridgehead atoms. The van der Waals surface area contributed by atoms with Gasteiger partial charge >= 0.3 is 0 Å². The topological polar surface area (TPSA) is 21.1 Å². The quantitative estimate of drug-likeness (QED) is 0.719. The van der Waals surface area contributed by atoms with Gasteiger partial charge in [-0.2, -0.15) is 5.10 Å². The molecule has 0 radical (unpaired) electrons. The lowest BCUT2D eigenvalue weighted by molar-refractivity contribution is 0.584. The second-order valence-corrected chi connectivity index (χ2v) is 3.54. The Morgan fingerprint density at radius 2 is 1.93 bits per heavy atom. The highest BCUT2D eigenvalue weighted by atomic mass is 15.3. The van der Waals surface area contributed by atoms with E-state index in [1.54, 1.807) is 0 Å². The lowest BCUT2D eigenvalue weighted by Crippen LogP contribution is -2.22. The Labute approximate surface area is 86.7 Å². The van der Waals surface area contributed by atoms with Gasteiger partial charge in [-0.15, -0.1) is 0 Å². The number of aromatic nitrogens is 2. The van der Waals surface area contributed by atoms with Gasteiger partial charge < -0.3 is 4.90 Å². The number of hydrogen-bond acceptors (Lipinski definition) is 2. The summed E-state index contributed by atoms with van der Waals surface area (Å²) in [6, 6.07) is 2.17. The molecule has 1 heterocycles. The van der Waals surface area contributed by atoms with Crippen LogP contribution in [0.4, 0.5) is 5.82 Å². The Balaban J connectivity index is 2.83. The average Bonchev–Trinajstić information content (AvgIpc) is 2.51. The maximum Gasteiger partial charge on any atom is 0.150 e. The van der Waals surface area contributed by atoms with Gasteiger partial charge in [-0.05, 0) is 27.2 Å². The standard InChI is InChI=1S/C11H21N3/c1-5-8-14-10(4)9-11(12-14)13(6-2)7-3/h9H,5-8H2,1-4H3. The molecule has 14 heavy (non-hydrogen) atoms. The SMILES string of the molecule is CCCn1nc(N(CC)CC)cc1C. The highest BCUT2D eigenvalue weighted by Gasteiger charge is 2.07. The Kier molecular flexibility index (Phi) is 3.98. The number of aryl methyl sites for hydroxylation is 2. The molecular formula is C11H21N3. The number of anilines is 1. The van der Waals surface area contributed by atoms with Crippen molar-refractivity contribution in [3.8, 4) is 0 Å². The minimum Gasteiger partial charge on any atom is -0.356 e. The minimum atomic E-state index is 1.02. The van der Waals surface area contributed by atoms with Crippen LogP contribution in [-0.2, 0) is 6.54 Å². The number of hydrogen-bond donors (Lipinski definition) is 0. The second-order valence-electron chi connectivity index (χ2n) is 3.54. The van der Waals surface area contributed by atoms with E-state index in [4.69, 9.17) is 0 Å². The number of nitrogens with zero attached hydrogens (tertiary/aromatic N) is 3. The molecule has 1 aromatic rings. The molecule has 0 saturated carbocycles. The summed E-state index contributed by atoms with van der Waals surface area (Å²) in [5.41, 5.74) is 1.26. The van der Waals surface area contributed by atoms with E-state index in [-0.39, 0.29) is 0 Å². The minimum absolute atomic E-state index is 1.02. The zero-order chi connectivity index (χ0) is 10.6. The van der Waals surface area contributed by atoms with Gasteiger partial charge in [0, 0.05) is 31.4 Å². The van der Waals surface area contributed by atoms with E-state index in [2.05, 4.69) is 48.4 Å². The van der Waals surface area contributed by atoms with Crippen molar-refractivity contribution in [1.82, 2.24) is 9.78 Å². The molecule has 0 amide bonds. The highest BCUT2D eigenvalue weighted by Crippen LogP contribution is 2.13. The van der Waals surface area contributed by atoms with Gasteiger partial charge in [0.15, 0.2) is 5.82 Å². The molecule has 0 saturated heterocycles. The first-order chi connectivity index (χ1) is 6.72. The van der Waals surface area contributed by atoms with Gasteiger partial charge in [-0.1, -0.05) is 6.92 Å². The second kappa shape index (κ2) is 5.03. The fourth-order valence-corrected chi connectivity index (χ4v) is 1.63. The van der Waals surface area contributed by atoms with Crippen LogP contribution in [0.15, 0.2) is 6.07 Å². The van der Waals surface area contributed by atoms with Crippen LogP contribution in [0.3, 0.4) is 0 Å². The van der Waals surface area contributed by atoms with Gasteiger partial charge in [0.2, 0.25) is 0 Å². The van der Waals surface area contributed by atoms with Crippen molar-refractivity contribution in [1.29, 1.82) is 0 Å². The molecule has 0 spiro atoms. The Bertz CT molecular complexity index is 274. The Morgan fingerprint density at radius 1 is 1.29 bits per heavy atom. The van der Waals surface area contributed by atoms with Crippen molar-refractivity contribution in [2.45, 2.75) is 40.7 Å². The molecule has 3 heteroatoms. The van der Waals surface area contributed by atoms with E-state index in [1.165, 1.54) is 5.69 Å². The van der Waals surface area contributed by atoms with E-state index in [0.717, 1.165) is 31.9 Å². The molecule has 0 atom stereocenters. The molecule has 0 N–H and O–H groups in total. The highest BCUT2D eigenvalue weighted by molar-refractivity contribution is 5.39. The van der Waals surface area contributed by atoms with Crippen LogP contribution in [0.1, 0.15) is 32.9 Å². The van der Waals surface area contributed by atoms with Crippen molar-refractivity contribution in [2.75, 3.05) is 18.0 Å². The smallest absolute Gasteiger partial charge is 0.150 e. The van der Waals surface area contributed by atoms with Crippen molar-refractivity contribution in [2.24, 2.45) is 0 Å². The van der Waals surface area contributed by atoms with Gasteiger partial charge in [-0.3, -0.25) is 4.68 Å². The van der Waals surface area contributed by atoms with E-state index in [1.807, 2.05) is 0 Å². The van der Waals surface area contributed by atoms with E-state index >= 15 is 0 Å². The van der Waals surface area contributed by atoms with Gasteiger partial charge in [-0.25, -0.2) is 0 Å². The summed E-state index contributed by atoms with van der Waals surface area (Å²) in [6.07, 6.45) is 1.14.